The predicted molar refractivity (Wildman–Crippen MR) is 37.6 cm³/mol. The van der Waals surface area contributed by atoms with Crippen LogP contribution >= 0.6 is 0 Å². The Bertz CT molecular complexity index is 346. The fourth-order valence-corrected chi connectivity index (χ4v) is 0.868. The fraction of sp³-hybridized carbons (Fsp3) is 0.286. The lowest BCUT2D eigenvalue weighted by Gasteiger charge is -1.91. The number of aromatic nitrogens is 2. The van der Waals surface area contributed by atoms with Crippen molar-refractivity contribution in [3.8, 4) is 6.07 Å². The molecule has 11 heavy (non-hydrogen) atoms. The summed E-state index contributed by atoms with van der Waals surface area (Å²) in [6, 6.07) is 1.96. The first-order valence-corrected chi connectivity index (χ1v) is 3.11. The van der Waals surface area contributed by atoms with Crippen LogP contribution in [0.5, 0.6) is 0 Å². The second kappa shape index (κ2) is 2.54. The molecule has 0 amide bonds. The van der Waals surface area contributed by atoms with Crippen LogP contribution in [-0.4, -0.2) is 4.57 Å². The number of rotatable bonds is 0. The Morgan fingerprint density at radius 1 is 1.73 bits per heavy atom. The summed E-state index contributed by atoms with van der Waals surface area (Å²) >= 11 is 0. The van der Waals surface area contributed by atoms with Gasteiger partial charge in [0.25, 0.3) is 0 Å². The number of nitriles is 1. The highest BCUT2D eigenvalue weighted by molar-refractivity contribution is 5.19. The fourth-order valence-electron chi connectivity index (χ4n) is 0.868. The second-order valence-electron chi connectivity index (χ2n) is 2.33. The molecule has 0 N–H and O–H groups in total. The lowest BCUT2D eigenvalue weighted by Crippen LogP contribution is -2.50. The van der Waals surface area contributed by atoms with E-state index in [4.69, 9.17) is 5.26 Å². The molecule has 0 spiro atoms. The van der Waals surface area contributed by atoms with Crippen molar-refractivity contribution in [1.29, 1.82) is 5.26 Å². The summed E-state index contributed by atoms with van der Waals surface area (Å²) < 4.78 is 2.75. The van der Waals surface area contributed by atoms with Crippen LogP contribution in [0.2, 0.25) is 0 Å². The lowest BCUT2D eigenvalue weighted by atomic mass is 10.4. The summed E-state index contributed by atoms with van der Waals surface area (Å²) in [5.74, 6) is 0. The molecule has 4 heteroatoms. The second-order valence-corrected chi connectivity index (χ2v) is 2.33. The minimum atomic E-state index is -0.135. The van der Waals surface area contributed by atoms with Gasteiger partial charge in [-0.15, -0.1) is 0 Å². The highest BCUT2D eigenvalue weighted by atomic mass is 16.1. The average Bonchev–Trinajstić information content (AvgIpc) is 1.99. The normalized spacial score (nSPS) is 9.18. The summed E-state index contributed by atoms with van der Waals surface area (Å²) in [6.07, 6.45) is 3.00. The van der Waals surface area contributed by atoms with Crippen LogP contribution in [0.15, 0.2) is 17.2 Å². The highest BCUT2D eigenvalue weighted by Crippen LogP contribution is 1.85. The van der Waals surface area contributed by atoms with E-state index in [-0.39, 0.29) is 5.69 Å². The van der Waals surface area contributed by atoms with Crippen molar-refractivity contribution in [2.45, 2.75) is 0 Å². The first-order valence-electron chi connectivity index (χ1n) is 3.11. The van der Waals surface area contributed by atoms with Gasteiger partial charge in [-0.3, -0.25) is 0 Å². The highest BCUT2D eigenvalue weighted by Gasteiger charge is 2.04. The first kappa shape index (κ1) is 7.48. The van der Waals surface area contributed by atoms with Crippen molar-refractivity contribution >= 4 is 0 Å². The quantitative estimate of drug-likeness (QED) is 0.449. The zero-order chi connectivity index (χ0) is 8.43. The van der Waals surface area contributed by atoms with Gasteiger partial charge in [0.2, 0.25) is 0 Å². The van der Waals surface area contributed by atoms with E-state index in [1.807, 2.05) is 6.07 Å². The zero-order valence-electron chi connectivity index (χ0n) is 6.40. The number of aryl methyl sites for hydroxylation is 2. The van der Waals surface area contributed by atoms with Crippen molar-refractivity contribution in [1.82, 2.24) is 4.57 Å². The molecule has 0 atom stereocenters. The molecule has 0 aliphatic carbocycles. The molecule has 0 unspecified atom stereocenters. The molecule has 0 bridgehead atoms. The molecular formula is C7H8N3O+. The topological polar surface area (TPSA) is 49.7 Å². The van der Waals surface area contributed by atoms with Gasteiger partial charge in [0.05, 0.1) is 14.1 Å². The van der Waals surface area contributed by atoms with Crippen molar-refractivity contribution in [3.05, 3.63) is 28.4 Å². The molecule has 0 fully saturated rings. The van der Waals surface area contributed by atoms with Gasteiger partial charge in [-0.1, -0.05) is 0 Å². The van der Waals surface area contributed by atoms with Crippen molar-refractivity contribution in [3.63, 3.8) is 0 Å². The Hall–Kier alpha value is -1.63. The maximum atomic E-state index is 11.1. The Balaban J connectivity index is 3.47. The first-order chi connectivity index (χ1) is 5.15. The predicted octanol–water partition coefficient (Wildman–Crippen LogP) is -0.919. The molecule has 1 rings (SSSR count). The average molecular weight is 150 g/mol. The third-order valence-electron chi connectivity index (χ3n) is 1.40. The van der Waals surface area contributed by atoms with Crippen molar-refractivity contribution < 1.29 is 4.57 Å². The maximum absolute atomic E-state index is 11.1. The van der Waals surface area contributed by atoms with E-state index in [2.05, 4.69) is 0 Å². The molecule has 0 aliphatic heterocycles. The standard InChI is InChI=1S/C7H8N3O/c1-9-4-6(3-8)5-10(2)7(9)11/h4-5H,1-2H3/q+1. The summed E-state index contributed by atoms with van der Waals surface area (Å²) in [7, 11) is 3.23. The van der Waals surface area contributed by atoms with E-state index in [1.165, 1.54) is 21.5 Å². The van der Waals surface area contributed by atoms with E-state index < -0.39 is 0 Å². The Morgan fingerprint density at radius 3 is 2.82 bits per heavy atom. The van der Waals surface area contributed by atoms with Gasteiger partial charge in [0.1, 0.15) is 24.0 Å². The van der Waals surface area contributed by atoms with Crippen LogP contribution in [0.4, 0.5) is 0 Å². The van der Waals surface area contributed by atoms with E-state index >= 15 is 0 Å². The van der Waals surface area contributed by atoms with Crippen molar-refractivity contribution in [2.24, 2.45) is 14.1 Å². The van der Waals surface area contributed by atoms with Crippen LogP contribution in [0, 0.1) is 11.3 Å². The van der Waals surface area contributed by atoms with Gasteiger partial charge in [0, 0.05) is 0 Å². The minimum Gasteiger partial charge on any atom is -0.199 e. The Kier molecular flexibility index (Phi) is 1.73. The Morgan fingerprint density at radius 2 is 2.36 bits per heavy atom. The monoisotopic (exact) mass is 150 g/mol. The third kappa shape index (κ3) is 1.27. The molecule has 4 nitrogen and oxygen atoms in total. The van der Waals surface area contributed by atoms with Crippen LogP contribution in [0.1, 0.15) is 5.56 Å². The molecular weight excluding hydrogens is 142 g/mol. The number of hydrogen-bond acceptors (Lipinski definition) is 2. The summed E-state index contributed by atoms with van der Waals surface area (Å²) in [6.45, 7) is 0. The number of nitrogens with zero attached hydrogens (tertiary/aromatic N) is 3. The van der Waals surface area contributed by atoms with Crippen LogP contribution < -0.4 is 10.3 Å². The van der Waals surface area contributed by atoms with Gasteiger partial charge in [0.15, 0.2) is 0 Å². The molecule has 56 valence electrons. The molecule has 0 aliphatic rings. The molecule has 0 saturated heterocycles. The third-order valence-corrected chi connectivity index (χ3v) is 1.40. The van der Waals surface area contributed by atoms with E-state index in [0.717, 1.165) is 0 Å². The van der Waals surface area contributed by atoms with Gasteiger partial charge in [-0.25, -0.2) is 0 Å². The van der Waals surface area contributed by atoms with E-state index in [9.17, 15) is 4.79 Å². The smallest absolute Gasteiger partial charge is 0.199 e. The van der Waals surface area contributed by atoms with Crippen LogP contribution in [-0.2, 0) is 14.1 Å². The van der Waals surface area contributed by atoms with E-state index in [0.29, 0.717) is 5.56 Å². The summed E-state index contributed by atoms with van der Waals surface area (Å²) in [4.78, 5) is 11.1. The summed E-state index contributed by atoms with van der Waals surface area (Å²) in [5.41, 5.74) is 0.346. The van der Waals surface area contributed by atoms with E-state index in [1.54, 1.807) is 14.1 Å². The summed E-state index contributed by atoms with van der Waals surface area (Å²) in [5, 5.41) is 8.50. The largest absolute Gasteiger partial charge is 0.497 e. The zero-order valence-corrected chi connectivity index (χ0v) is 6.40. The van der Waals surface area contributed by atoms with Gasteiger partial charge >= 0.3 is 5.69 Å². The molecule has 0 radical (unpaired) electrons. The minimum absolute atomic E-state index is 0.135. The van der Waals surface area contributed by atoms with Gasteiger partial charge in [-0.05, 0) is 0 Å². The van der Waals surface area contributed by atoms with Gasteiger partial charge < -0.3 is 0 Å². The maximum Gasteiger partial charge on any atom is 0.497 e. The Labute approximate surface area is 63.9 Å². The van der Waals surface area contributed by atoms with Crippen LogP contribution in [0.25, 0.3) is 0 Å². The van der Waals surface area contributed by atoms with Gasteiger partial charge in [-0.2, -0.15) is 19.2 Å². The molecule has 1 aromatic heterocycles. The number of hydrogen-bond donors (Lipinski definition) is 0. The molecule has 0 saturated carbocycles. The van der Waals surface area contributed by atoms with Crippen LogP contribution in [0.3, 0.4) is 0 Å². The molecule has 1 aromatic rings. The SMILES string of the molecule is Cn1cc(C#N)c[n+](C)c1=O. The van der Waals surface area contributed by atoms with Crippen molar-refractivity contribution in [2.75, 3.05) is 0 Å². The molecule has 1 heterocycles. The lowest BCUT2D eigenvalue weighted by molar-refractivity contribution is -0.691. The molecule has 0 aromatic carbocycles.